The molecule has 0 aromatic heterocycles. The minimum Gasteiger partial charge on any atom is -0.423 e. The normalized spacial score (nSPS) is 9.14. The maximum absolute atomic E-state index is 10.8. The monoisotopic (exact) mass is 190 g/mol. The number of esters is 1. The van der Waals surface area contributed by atoms with Gasteiger partial charge in [0.05, 0.1) is 0 Å². The fourth-order valence-corrected chi connectivity index (χ4v) is 0.832. The molecule has 0 heterocycles. The van der Waals surface area contributed by atoms with Crippen molar-refractivity contribution >= 4 is 11.9 Å². The van der Waals surface area contributed by atoms with Crippen molar-refractivity contribution in [2.24, 2.45) is 0 Å². The van der Waals surface area contributed by atoms with Crippen LogP contribution in [-0.4, -0.2) is 11.9 Å². The van der Waals surface area contributed by atoms with E-state index >= 15 is 0 Å². The predicted molar refractivity (Wildman–Crippen MR) is 49.7 cm³/mol. The maximum atomic E-state index is 10.8. The summed E-state index contributed by atoms with van der Waals surface area (Å²) in [6, 6.07) is 5.73. The molecule has 0 aliphatic rings. The minimum atomic E-state index is -0.772. The number of nitrogens with one attached hydrogen (secondary N) is 1. The third kappa shape index (κ3) is 2.45. The molecule has 1 radical (unpaired) electrons. The van der Waals surface area contributed by atoms with Crippen LogP contribution in [0.5, 0.6) is 5.75 Å². The molecule has 4 nitrogen and oxygen atoms in total. The first kappa shape index (κ1) is 9.98. The van der Waals surface area contributed by atoms with E-state index in [1.54, 1.807) is 0 Å². The van der Waals surface area contributed by atoms with Gasteiger partial charge in [-0.25, -0.2) is 4.79 Å². The first-order valence-electron chi connectivity index (χ1n) is 3.83. The lowest BCUT2D eigenvalue weighted by Crippen LogP contribution is -2.04. The molecule has 0 bridgehead atoms. The molecule has 71 valence electrons. The van der Waals surface area contributed by atoms with Gasteiger partial charge in [0.1, 0.15) is 5.75 Å². The first-order chi connectivity index (χ1) is 6.63. The number of ether oxygens (including phenoxy) is 1. The van der Waals surface area contributed by atoms with Gasteiger partial charge in [0, 0.05) is 11.6 Å². The zero-order valence-corrected chi connectivity index (χ0v) is 7.32. The Kier molecular flexibility index (Phi) is 3.01. The number of hydrogen-bond donors (Lipinski definition) is 0. The van der Waals surface area contributed by atoms with E-state index in [1.807, 2.05) is 0 Å². The third-order valence-electron chi connectivity index (χ3n) is 1.50. The number of benzene rings is 1. The summed E-state index contributed by atoms with van der Waals surface area (Å²) in [5, 5.41) is 0. The summed E-state index contributed by atoms with van der Waals surface area (Å²) in [5.41, 5.74) is 7.06. The Labute approximate surface area is 81.0 Å². The predicted octanol–water partition coefficient (Wildman–Crippen LogP) is 1.20. The highest BCUT2D eigenvalue weighted by atomic mass is 16.5. The maximum Gasteiger partial charge on any atom is 0.335 e. The summed E-state index contributed by atoms with van der Waals surface area (Å²) < 4.78 is 4.77. The number of amides is 1. The third-order valence-corrected chi connectivity index (χ3v) is 1.50. The molecule has 0 fully saturated rings. The Balaban J connectivity index is 2.78. The van der Waals surface area contributed by atoms with Crippen LogP contribution in [0.4, 0.5) is 0 Å². The van der Waals surface area contributed by atoms with Crippen LogP contribution in [0.15, 0.2) is 36.9 Å². The molecule has 0 atom stereocenters. The molecule has 1 N–H and O–H groups in total. The van der Waals surface area contributed by atoms with Gasteiger partial charge in [-0.1, -0.05) is 6.58 Å². The number of hydrogen-bond acceptors (Lipinski definition) is 3. The van der Waals surface area contributed by atoms with Crippen LogP contribution in [0.3, 0.4) is 0 Å². The standard InChI is InChI=1S/C10H8NO3/c1-2-9(12)14-8-5-3-7(4-6-8)10(11)13/h2-6,11H,1H2. The summed E-state index contributed by atoms with van der Waals surface area (Å²) in [4.78, 5) is 21.3. The zero-order chi connectivity index (χ0) is 10.6. The van der Waals surface area contributed by atoms with Crippen molar-refractivity contribution in [3.05, 3.63) is 42.5 Å². The highest BCUT2D eigenvalue weighted by molar-refractivity contribution is 5.92. The molecular formula is C10H8NO3. The molecular weight excluding hydrogens is 182 g/mol. The molecule has 0 aliphatic carbocycles. The molecule has 14 heavy (non-hydrogen) atoms. The van der Waals surface area contributed by atoms with Gasteiger partial charge in [0.15, 0.2) is 0 Å². The average Bonchev–Trinajstić information content (AvgIpc) is 2.18. The van der Waals surface area contributed by atoms with Crippen LogP contribution in [0.1, 0.15) is 10.4 Å². The van der Waals surface area contributed by atoms with Gasteiger partial charge >= 0.3 is 5.97 Å². The van der Waals surface area contributed by atoms with E-state index in [2.05, 4.69) is 6.58 Å². The Bertz CT molecular complexity index is 367. The second-order valence-electron chi connectivity index (χ2n) is 2.48. The van der Waals surface area contributed by atoms with E-state index < -0.39 is 11.9 Å². The summed E-state index contributed by atoms with van der Waals surface area (Å²) in [6.07, 6.45) is 1.05. The van der Waals surface area contributed by atoms with Gasteiger partial charge in [0.2, 0.25) is 0 Å². The lowest BCUT2D eigenvalue weighted by molar-refractivity contribution is -0.128. The molecule has 0 spiro atoms. The number of rotatable bonds is 3. The summed E-state index contributed by atoms with van der Waals surface area (Å²) >= 11 is 0. The number of carbonyl (C=O) groups is 2. The summed E-state index contributed by atoms with van der Waals surface area (Å²) in [5.74, 6) is -1.01. The van der Waals surface area contributed by atoms with Crippen LogP contribution in [0.2, 0.25) is 0 Å². The number of carbonyl (C=O) groups excluding carboxylic acids is 2. The van der Waals surface area contributed by atoms with Crippen LogP contribution < -0.4 is 10.5 Å². The Morgan fingerprint density at radius 1 is 1.29 bits per heavy atom. The van der Waals surface area contributed by atoms with Crippen LogP contribution in [-0.2, 0) is 4.79 Å². The van der Waals surface area contributed by atoms with Gasteiger partial charge in [-0.05, 0) is 24.3 Å². The molecule has 0 aliphatic heterocycles. The van der Waals surface area contributed by atoms with Crippen molar-refractivity contribution in [3.63, 3.8) is 0 Å². The van der Waals surface area contributed by atoms with Crippen molar-refractivity contribution in [1.82, 2.24) is 5.73 Å². The molecule has 0 saturated heterocycles. The first-order valence-corrected chi connectivity index (χ1v) is 3.83. The van der Waals surface area contributed by atoms with Gasteiger partial charge in [0.25, 0.3) is 5.91 Å². The Morgan fingerprint density at radius 2 is 1.86 bits per heavy atom. The molecule has 1 aromatic rings. The fourth-order valence-electron chi connectivity index (χ4n) is 0.832. The van der Waals surface area contributed by atoms with Crippen LogP contribution >= 0.6 is 0 Å². The second kappa shape index (κ2) is 4.23. The van der Waals surface area contributed by atoms with Gasteiger partial charge in [-0.15, -0.1) is 0 Å². The van der Waals surface area contributed by atoms with Crippen molar-refractivity contribution in [1.29, 1.82) is 0 Å². The van der Waals surface area contributed by atoms with E-state index in [9.17, 15) is 9.59 Å². The minimum absolute atomic E-state index is 0.253. The van der Waals surface area contributed by atoms with E-state index in [4.69, 9.17) is 10.5 Å². The Morgan fingerprint density at radius 3 is 2.29 bits per heavy atom. The lowest BCUT2D eigenvalue weighted by Gasteiger charge is -2.00. The summed E-state index contributed by atoms with van der Waals surface area (Å²) in [7, 11) is 0. The molecule has 0 unspecified atom stereocenters. The lowest BCUT2D eigenvalue weighted by atomic mass is 10.2. The highest BCUT2D eigenvalue weighted by Crippen LogP contribution is 2.12. The molecule has 0 saturated carbocycles. The second-order valence-corrected chi connectivity index (χ2v) is 2.48. The molecule has 4 heteroatoms. The van der Waals surface area contributed by atoms with E-state index in [1.165, 1.54) is 24.3 Å². The molecule has 1 amide bonds. The van der Waals surface area contributed by atoms with E-state index in [0.29, 0.717) is 5.75 Å². The quantitative estimate of drug-likeness (QED) is 0.408. The van der Waals surface area contributed by atoms with Gasteiger partial charge < -0.3 is 4.74 Å². The van der Waals surface area contributed by atoms with Gasteiger partial charge in [-0.2, -0.15) is 0 Å². The van der Waals surface area contributed by atoms with Crippen molar-refractivity contribution < 1.29 is 14.3 Å². The smallest absolute Gasteiger partial charge is 0.335 e. The van der Waals surface area contributed by atoms with Crippen LogP contribution in [0.25, 0.3) is 0 Å². The van der Waals surface area contributed by atoms with Crippen molar-refractivity contribution in [2.75, 3.05) is 0 Å². The fraction of sp³-hybridized carbons (Fsp3) is 0. The molecule has 1 aromatic carbocycles. The Hall–Kier alpha value is -2.10. The van der Waals surface area contributed by atoms with Crippen LogP contribution in [0, 0.1) is 0 Å². The largest absolute Gasteiger partial charge is 0.423 e. The van der Waals surface area contributed by atoms with E-state index in [-0.39, 0.29) is 5.56 Å². The zero-order valence-electron chi connectivity index (χ0n) is 7.32. The van der Waals surface area contributed by atoms with E-state index in [0.717, 1.165) is 6.08 Å². The topological polar surface area (TPSA) is 67.2 Å². The summed E-state index contributed by atoms with van der Waals surface area (Å²) in [6.45, 7) is 3.24. The average molecular weight is 190 g/mol. The molecule has 1 rings (SSSR count). The SMILES string of the molecule is C=CC(=O)Oc1ccc(C([NH])=O)cc1. The highest BCUT2D eigenvalue weighted by Gasteiger charge is 2.02. The van der Waals surface area contributed by atoms with Crippen molar-refractivity contribution in [3.8, 4) is 5.75 Å². The van der Waals surface area contributed by atoms with Crippen molar-refractivity contribution in [2.45, 2.75) is 0 Å². The van der Waals surface area contributed by atoms with Gasteiger partial charge in [-0.3, -0.25) is 10.5 Å².